The molecule has 0 amide bonds. The van der Waals surface area contributed by atoms with E-state index >= 15 is 0 Å². The van der Waals surface area contributed by atoms with Crippen LogP contribution in [0.4, 0.5) is 0 Å². The molecule has 0 atom stereocenters. The van der Waals surface area contributed by atoms with Gasteiger partial charge in [-0.2, -0.15) is 0 Å². The Hall–Kier alpha value is -1.98. The zero-order valence-electron chi connectivity index (χ0n) is 11.5. The van der Waals surface area contributed by atoms with E-state index in [1.165, 1.54) is 0 Å². The molecule has 0 fully saturated rings. The number of aryl methyl sites for hydroxylation is 1. The minimum atomic E-state index is 0.593. The highest BCUT2D eigenvalue weighted by Crippen LogP contribution is 2.25. The molecule has 0 aliphatic heterocycles. The molecule has 3 rings (SSSR count). The van der Waals surface area contributed by atoms with Gasteiger partial charge in [-0.25, -0.2) is 9.97 Å². The Morgan fingerprint density at radius 1 is 1.19 bits per heavy atom. The fraction of sp³-hybridized carbons (Fsp3) is 0.267. The largest absolute Gasteiger partial charge is 0.330 e. The van der Waals surface area contributed by atoms with Crippen molar-refractivity contribution in [2.75, 3.05) is 6.54 Å². The summed E-state index contributed by atoms with van der Waals surface area (Å²) < 4.78 is 2.12. The molecule has 0 radical (unpaired) electrons. The minimum absolute atomic E-state index is 0.593. The lowest BCUT2D eigenvalue weighted by Gasteiger charge is -2.08. The van der Waals surface area contributed by atoms with Crippen LogP contribution in [0.5, 0.6) is 0 Å². The molecule has 0 aliphatic rings. The monoisotopic (exact) mass is 301 g/mol. The summed E-state index contributed by atoms with van der Waals surface area (Å²) in [5, 5.41) is 0.593. The predicted molar refractivity (Wildman–Crippen MR) is 84.1 cm³/mol. The molecule has 6 heteroatoms. The Labute approximate surface area is 127 Å². The van der Waals surface area contributed by atoms with E-state index in [1.54, 1.807) is 18.6 Å². The normalized spacial score (nSPS) is 11.1. The molecule has 0 saturated heterocycles. The van der Waals surface area contributed by atoms with Crippen molar-refractivity contribution >= 4 is 22.8 Å². The van der Waals surface area contributed by atoms with E-state index < -0.39 is 0 Å². The first-order chi connectivity index (χ1) is 10.3. The van der Waals surface area contributed by atoms with Crippen molar-refractivity contribution < 1.29 is 0 Å². The highest BCUT2D eigenvalue weighted by atomic mass is 35.5. The summed E-state index contributed by atoms with van der Waals surface area (Å²) in [5.41, 5.74) is 8.26. The van der Waals surface area contributed by atoms with E-state index in [1.807, 2.05) is 18.2 Å². The van der Waals surface area contributed by atoms with Gasteiger partial charge in [0.25, 0.3) is 0 Å². The molecule has 0 aromatic carbocycles. The second-order valence-corrected chi connectivity index (χ2v) is 5.25. The van der Waals surface area contributed by atoms with Gasteiger partial charge in [-0.05, 0) is 37.6 Å². The number of imidazole rings is 1. The molecule has 108 valence electrons. The lowest BCUT2D eigenvalue weighted by atomic mass is 10.2. The Morgan fingerprint density at radius 3 is 2.76 bits per heavy atom. The average molecular weight is 302 g/mol. The molecular weight excluding hydrogens is 286 g/mol. The van der Waals surface area contributed by atoms with Crippen LogP contribution < -0.4 is 5.73 Å². The predicted octanol–water partition coefficient (Wildman–Crippen LogP) is 2.89. The quantitative estimate of drug-likeness (QED) is 0.736. The number of unbranched alkanes of at least 4 members (excludes halogenated alkanes) is 1. The molecule has 0 saturated carbocycles. The van der Waals surface area contributed by atoms with Gasteiger partial charge in [-0.15, -0.1) is 0 Å². The van der Waals surface area contributed by atoms with Crippen molar-refractivity contribution in [1.82, 2.24) is 19.5 Å². The smallest absolute Gasteiger partial charge is 0.160 e. The summed E-state index contributed by atoms with van der Waals surface area (Å²) in [6, 6.07) is 5.73. The van der Waals surface area contributed by atoms with Crippen molar-refractivity contribution in [3.63, 3.8) is 0 Å². The van der Waals surface area contributed by atoms with E-state index in [2.05, 4.69) is 19.5 Å². The van der Waals surface area contributed by atoms with Crippen molar-refractivity contribution in [3.05, 3.63) is 41.8 Å². The van der Waals surface area contributed by atoms with Gasteiger partial charge >= 0.3 is 0 Å². The van der Waals surface area contributed by atoms with Gasteiger partial charge in [-0.3, -0.25) is 4.98 Å². The first kappa shape index (κ1) is 14.0. The first-order valence-electron chi connectivity index (χ1n) is 6.92. The molecule has 2 N–H and O–H groups in total. The zero-order valence-corrected chi connectivity index (χ0v) is 12.3. The van der Waals surface area contributed by atoms with Crippen LogP contribution in [0.2, 0.25) is 5.02 Å². The molecule has 3 heterocycles. The summed E-state index contributed by atoms with van der Waals surface area (Å²) in [4.78, 5) is 13.2. The van der Waals surface area contributed by atoms with Crippen LogP contribution in [0.25, 0.3) is 22.6 Å². The molecule has 0 aliphatic carbocycles. The maximum Gasteiger partial charge on any atom is 0.160 e. The van der Waals surface area contributed by atoms with E-state index in [0.29, 0.717) is 11.6 Å². The molecule has 0 unspecified atom stereocenters. The lowest BCUT2D eigenvalue weighted by Crippen LogP contribution is -2.05. The number of nitrogens with two attached hydrogens (primary N) is 1. The van der Waals surface area contributed by atoms with Crippen LogP contribution >= 0.6 is 11.6 Å². The standard InChI is InChI=1S/C15H16ClN5/c16-12-9-13-15(19-10-12)21(8-2-1-5-17)14(20-13)11-3-6-18-7-4-11/h3-4,6-7,9-10H,1-2,5,8,17H2. The number of halogens is 1. The molecule has 5 nitrogen and oxygen atoms in total. The third-order valence-electron chi connectivity index (χ3n) is 3.33. The number of pyridine rings is 2. The maximum atomic E-state index is 6.01. The molecule has 3 aromatic heterocycles. The maximum absolute atomic E-state index is 6.01. The summed E-state index contributed by atoms with van der Waals surface area (Å²) in [6.45, 7) is 1.52. The number of nitrogens with zero attached hydrogens (tertiary/aromatic N) is 4. The Morgan fingerprint density at radius 2 is 2.00 bits per heavy atom. The summed E-state index contributed by atoms with van der Waals surface area (Å²) in [7, 11) is 0. The second-order valence-electron chi connectivity index (χ2n) is 4.81. The van der Waals surface area contributed by atoms with E-state index in [9.17, 15) is 0 Å². The third kappa shape index (κ3) is 2.89. The van der Waals surface area contributed by atoms with Crippen LogP contribution in [0.1, 0.15) is 12.8 Å². The van der Waals surface area contributed by atoms with Gasteiger partial charge in [0.15, 0.2) is 5.65 Å². The number of rotatable bonds is 5. The summed E-state index contributed by atoms with van der Waals surface area (Å²) in [6.07, 6.45) is 7.15. The van der Waals surface area contributed by atoms with E-state index in [4.69, 9.17) is 17.3 Å². The van der Waals surface area contributed by atoms with E-state index in [0.717, 1.165) is 41.9 Å². The number of fused-ring (bicyclic) bond motifs is 1. The van der Waals surface area contributed by atoms with Gasteiger partial charge in [0, 0.05) is 30.7 Å². The van der Waals surface area contributed by atoms with Crippen molar-refractivity contribution in [2.24, 2.45) is 5.73 Å². The summed E-state index contributed by atoms with van der Waals surface area (Å²) in [5.74, 6) is 0.888. The number of aromatic nitrogens is 4. The lowest BCUT2D eigenvalue weighted by molar-refractivity contribution is 0.628. The molecule has 21 heavy (non-hydrogen) atoms. The first-order valence-corrected chi connectivity index (χ1v) is 7.29. The van der Waals surface area contributed by atoms with Crippen LogP contribution in [0.15, 0.2) is 36.8 Å². The Bertz CT molecular complexity index is 738. The van der Waals surface area contributed by atoms with E-state index in [-0.39, 0.29) is 0 Å². The average Bonchev–Trinajstić information content (AvgIpc) is 2.86. The minimum Gasteiger partial charge on any atom is -0.330 e. The van der Waals surface area contributed by atoms with Crippen LogP contribution in [-0.4, -0.2) is 26.1 Å². The Balaban J connectivity index is 2.10. The Kier molecular flexibility index (Phi) is 4.13. The molecule has 0 bridgehead atoms. The van der Waals surface area contributed by atoms with Crippen molar-refractivity contribution in [3.8, 4) is 11.4 Å². The van der Waals surface area contributed by atoms with Crippen LogP contribution in [0.3, 0.4) is 0 Å². The van der Waals surface area contributed by atoms with Crippen LogP contribution in [0, 0.1) is 0 Å². The van der Waals surface area contributed by atoms with Crippen LogP contribution in [-0.2, 0) is 6.54 Å². The fourth-order valence-electron chi connectivity index (χ4n) is 2.33. The second kappa shape index (κ2) is 6.20. The van der Waals surface area contributed by atoms with Crippen molar-refractivity contribution in [1.29, 1.82) is 0 Å². The number of hydrogen-bond donors (Lipinski definition) is 1. The van der Waals surface area contributed by atoms with Gasteiger partial charge in [0.1, 0.15) is 11.3 Å². The SMILES string of the molecule is NCCCCn1c(-c2ccncc2)nc2cc(Cl)cnc21. The van der Waals surface area contributed by atoms with Crippen molar-refractivity contribution in [2.45, 2.75) is 19.4 Å². The zero-order chi connectivity index (χ0) is 14.7. The number of hydrogen-bond acceptors (Lipinski definition) is 4. The fourth-order valence-corrected chi connectivity index (χ4v) is 2.49. The van der Waals surface area contributed by atoms with Gasteiger partial charge < -0.3 is 10.3 Å². The van der Waals surface area contributed by atoms with Gasteiger partial charge in [0.2, 0.25) is 0 Å². The third-order valence-corrected chi connectivity index (χ3v) is 3.53. The highest BCUT2D eigenvalue weighted by molar-refractivity contribution is 6.31. The van der Waals surface area contributed by atoms with Gasteiger partial charge in [0.05, 0.1) is 5.02 Å². The summed E-state index contributed by atoms with van der Waals surface area (Å²) >= 11 is 6.01. The topological polar surface area (TPSA) is 69.6 Å². The molecule has 0 spiro atoms. The molecule has 3 aromatic rings. The van der Waals surface area contributed by atoms with Gasteiger partial charge in [-0.1, -0.05) is 11.6 Å². The highest BCUT2D eigenvalue weighted by Gasteiger charge is 2.13. The molecular formula is C15H16ClN5.